The Hall–Kier alpha value is -2.36. The van der Waals surface area contributed by atoms with E-state index in [9.17, 15) is 0 Å². The number of hydrogen-bond acceptors (Lipinski definition) is 3. The highest BCUT2D eigenvalue weighted by Gasteiger charge is 2.13. The second-order valence-electron chi connectivity index (χ2n) is 4.95. The molecule has 20 heavy (non-hydrogen) atoms. The molecule has 0 atom stereocenters. The molecular weight excluding hydrogens is 250 g/mol. The highest BCUT2D eigenvalue weighted by atomic mass is 16.5. The second kappa shape index (κ2) is 4.63. The number of imidazole rings is 1. The minimum absolute atomic E-state index is 0.755. The zero-order valence-electron chi connectivity index (χ0n) is 12.1. The molecule has 0 radical (unpaired) electrons. The summed E-state index contributed by atoms with van der Waals surface area (Å²) in [6.45, 7) is 6.14. The third kappa shape index (κ3) is 1.93. The van der Waals surface area contributed by atoms with Crippen molar-refractivity contribution in [1.29, 1.82) is 0 Å². The van der Waals surface area contributed by atoms with Gasteiger partial charge >= 0.3 is 0 Å². The normalized spacial score (nSPS) is 11.0. The van der Waals surface area contributed by atoms with Crippen molar-refractivity contribution in [3.63, 3.8) is 0 Å². The van der Waals surface area contributed by atoms with Crippen LogP contribution in [0.15, 0.2) is 30.3 Å². The van der Waals surface area contributed by atoms with Crippen molar-refractivity contribution in [3.8, 4) is 17.0 Å². The SMILES string of the molecule is COc1ccc(-c2nc3nc(C)cc(C)n3c2C)cc1. The molecule has 0 saturated carbocycles. The lowest BCUT2D eigenvalue weighted by molar-refractivity contribution is 0.415. The Labute approximate surface area is 118 Å². The molecular formula is C16H17N3O. The number of rotatable bonds is 2. The Morgan fingerprint density at radius 3 is 2.35 bits per heavy atom. The third-order valence-corrected chi connectivity index (χ3v) is 3.50. The molecule has 102 valence electrons. The Kier molecular flexibility index (Phi) is 2.93. The average molecular weight is 267 g/mol. The van der Waals surface area contributed by atoms with Gasteiger partial charge in [-0.25, -0.2) is 9.97 Å². The van der Waals surface area contributed by atoms with E-state index in [1.807, 2.05) is 31.2 Å². The maximum Gasteiger partial charge on any atom is 0.234 e. The van der Waals surface area contributed by atoms with E-state index < -0.39 is 0 Å². The van der Waals surface area contributed by atoms with Gasteiger partial charge in [-0.15, -0.1) is 0 Å². The van der Waals surface area contributed by atoms with Crippen molar-refractivity contribution in [2.75, 3.05) is 7.11 Å². The molecule has 0 N–H and O–H groups in total. The van der Waals surface area contributed by atoms with Gasteiger partial charge in [-0.2, -0.15) is 0 Å². The van der Waals surface area contributed by atoms with Crippen molar-refractivity contribution in [2.24, 2.45) is 0 Å². The standard InChI is InChI=1S/C16H17N3O/c1-10-9-11(2)19-12(3)15(18-16(19)17-10)13-5-7-14(20-4)8-6-13/h5-9H,1-4H3. The molecule has 0 bridgehead atoms. The fraction of sp³-hybridized carbons (Fsp3) is 0.250. The molecule has 0 spiro atoms. The van der Waals surface area contributed by atoms with Gasteiger partial charge in [-0.1, -0.05) is 0 Å². The molecule has 4 heteroatoms. The summed E-state index contributed by atoms with van der Waals surface area (Å²) in [6, 6.07) is 10.0. The Bertz CT molecular complexity index is 773. The predicted octanol–water partition coefficient (Wildman–Crippen LogP) is 3.33. The van der Waals surface area contributed by atoms with E-state index in [-0.39, 0.29) is 0 Å². The molecule has 0 aliphatic rings. The van der Waals surface area contributed by atoms with Crippen LogP contribution in [0.4, 0.5) is 0 Å². The minimum atomic E-state index is 0.755. The molecule has 0 aliphatic carbocycles. The summed E-state index contributed by atoms with van der Waals surface area (Å²) < 4.78 is 7.28. The van der Waals surface area contributed by atoms with E-state index in [1.54, 1.807) is 7.11 Å². The van der Waals surface area contributed by atoms with Gasteiger partial charge in [0.2, 0.25) is 5.78 Å². The topological polar surface area (TPSA) is 39.4 Å². The maximum absolute atomic E-state index is 5.19. The molecule has 0 unspecified atom stereocenters. The van der Waals surface area contributed by atoms with Crippen LogP contribution in [0.1, 0.15) is 17.1 Å². The first kappa shape index (κ1) is 12.7. The van der Waals surface area contributed by atoms with Crippen molar-refractivity contribution in [3.05, 3.63) is 47.4 Å². The number of aromatic nitrogens is 3. The van der Waals surface area contributed by atoms with Crippen molar-refractivity contribution in [2.45, 2.75) is 20.8 Å². The van der Waals surface area contributed by atoms with Crippen LogP contribution in [0.2, 0.25) is 0 Å². The molecule has 0 saturated heterocycles. The number of aryl methyl sites for hydroxylation is 3. The molecule has 0 amide bonds. The molecule has 0 aliphatic heterocycles. The minimum Gasteiger partial charge on any atom is -0.497 e. The van der Waals surface area contributed by atoms with Crippen LogP contribution in [-0.4, -0.2) is 21.5 Å². The summed E-state index contributed by atoms with van der Waals surface area (Å²) >= 11 is 0. The summed E-state index contributed by atoms with van der Waals surface area (Å²) in [7, 11) is 1.67. The first-order valence-corrected chi connectivity index (χ1v) is 6.58. The van der Waals surface area contributed by atoms with Crippen LogP contribution in [-0.2, 0) is 0 Å². The number of benzene rings is 1. The Balaban J connectivity index is 2.20. The summed E-state index contributed by atoms with van der Waals surface area (Å²) in [6.07, 6.45) is 0. The Morgan fingerprint density at radius 1 is 1.00 bits per heavy atom. The summed E-state index contributed by atoms with van der Waals surface area (Å²) in [5.74, 6) is 1.60. The number of ether oxygens (including phenoxy) is 1. The van der Waals surface area contributed by atoms with Gasteiger partial charge in [-0.3, -0.25) is 4.40 Å². The average Bonchev–Trinajstić information content (AvgIpc) is 2.76. The highest BCUT2D eigenvalue weighted by Crippen LogP contribution is 2.26. The highest BCUT2D eigenvalue weighted by molar-refractivity contribution is 5.66. The zero-order valence-corrected chi connectivity index (χ0v) is 12.1. The molecule has 1 aromatic carbocycles. The van der Waals surface area contributed by atoms with Gasteiger partial charge in [0, 0.05) is 22.6 Å². The van der Waals surface area contributed by atoms with Crippen molar-refractivity contribution < 1.29 is 4.74 Å². The number of fused-ring (bicyclic) bond motifs is 1. The summed E-state index contributed by atoms with van der Waals surface area (Å²) in [5, 5.41) is 0. The molecule has 0 fully saturated rings. The molecule has 3 rings (SSSR count). The maximum atomic E-state index is 5.19. The van der Waals surface area contributed by atoms with Crippen LogP contribution in [0.3, 0.4) is 0 Å². The third-order valence-electron chi connectivity index (χ3n) is 3.50. The van der Waals surface area contributed by atoms with Crippen LogP contribution in [0.5, 0.6) is 5.75 Å². The number of hydrogen-bond donors (Lipinski definition) is 0. The van der Waals surface area contributed by atoms with Crippen molar-refractivity contribution >= 4 is 5.78 Å². The number of methoxy groups -OCH3 is 1. The monoisotopic (exact) mass is 267 g/mol. The van der Waals surface area contributed by atoms with Crippen LogP contribution >= 0.6 is 0 Å². The quantitative estimate of drug-likeness (QED) is 0.715. The van der Waals surface area contributed by atoms with Gasteiger partial charge in [0.15, 0.2) is 0 Å². The second-order valence-corrected chi connectivity index (χ2v) is 4.95. The van der Waals surface area contributed by atoms with Gasteiger partial charge in [0.05, 0.1) is 12.8 Å². The first-order valence-electron chi connectivity index (χ1n) is 6.58. The van der Waals surface area contributed by atoms with Crippen LogP contribution in [0, 0.1) is 20.8 Å². The smallest absolute Gasteiger partial charge is 0.234 e. The first-order chi connectivity index (χ1) is 9.60. The Morgan fingerprint density at radius 2 is 1.70 bits per heavy atom. The van der Waals surface area contributed by atoms with Crippen LogP contribution < -0.4 is 4.74 Å². The van der Waals surface area contributed by atoms with Gasteiger partial charge in [0.25, 0.3) is 0 Å². The van der Waals surface area contributed by atoms with E-state index in [0.29, 0.717) is 0 Å². The van der Waals surface area contributed by atoms with E-state index in [4.69, 9.17) is 4.74 Å². The van der Waals surface area contributed by atoms with Crippen molar-refractivity contribution in [1.82, 2.24) is 14.4 Å². The van der Waals surface area contributed by atoms with Gasteiger partial charge in [-0.05, 0) is 51.1 Å². The molecule has 4 nitrogen and oxygen atoms in total. The summed E-state index contributed by atoms with van der Waals surface area (Å²) in [4.78, 5) is 9.18. The van der Waals surface area contributed by atoms with Gasteiger partial charge < -0.3 is 4.74 Å². The van der Waals surface area contributed by atoms with E-state index in [1.165, 1.54) is 0 Å². The molecule has 2 aromatic heterocycles. The lowest BCUT2D eigenvalue weighted by Crippen LogP contribution is -1.97. The van der Waals surface area contributed by atoms with E-state index in [0.717, 1.165) is 39.9 Å². The lowest BCUT2D eigenvalue weighted by Gasteiger charge is -2.04. The van der Waals surface area contributed by atoms with Crippen LogP contribution in [0.25, 0.3) is 17.0 Å². The van der Waals surface area contributed by atoms with E-state index in [2.05, 4.69) is 34.3 Å². The zero-order chi connectivity index (χ0) is 14.3. The predicted molar refractivity (Wildman–Crippen MR) is 79.2 cm³/mol. The fourth-order valence-corrected chi connectivity index (χ4v) is 2.56. The molecule has 2 heterocycles. The largest absolute Gasteiger partial charge is 0.497 e. The lowest BCUT2D eigenvalue weighted by atomic mass is 10.1. The molecule has 3 aromatic rings. The van der Waals surface area contributed by atoms with Gasteiger partial charge in [0.1, 0.15) is 5.75 Å². The number of nitrogens with zero attached hydrogens (tertiary/aromatic N) is 3. The van der Waals surface area contributed by atoms with E-state index >= 15 is 0 Å². The summed E-state index contributed by atoms with van der Waals surface area (Å²) in [5.41, 5.74) is 5.29. The fourth-order valence-electron chi connectivity index (χ4n) is 2.56.